The van der Waals surface area contributed by atoms with Gasteiger partial charge in [-0.25, -0.2) is 13.4 Å². The average Bonchev–Trinajstić information content (AvgIpc) is 3.49. The van der Waals surface area contributed by atoms with Gasteiger partial charge in [-0.1, -0.05) is 91.9 Å². The van der Waals surface area contributed by atoms with Crippen molar-refractivity contribution in [1.29, 1.82) is 0 Å². The molecule has 2 heterocycles. The van der Waals surface area contributed by atoms with Gasteiger partial charge in [0.15, 0.2) is 0 Å². The van der Waals surface area contributed by atoms with E-state index in [1.807, 2.05) is 22.8 Å². The van der Waals surface area contributed by atoms with Gasteiger partial charge in [-0.2, -0.15) is 0 Å². The van der Waals surface area contributed by atoms with Crippen molar-refractivity contribution in [2.24, 2.45) is 0 Å². The van der Waals surface area contributed by atoms with E-state index in [2.05, 4.69) is 110 Å². The number of nitrogens with zero attached hydrogens (tertiary/aromatic N) is 2. The van der Waals surface area contributed by atoms with Crippen LogP contribution in [0, 0.1) is 0 Å². The molecule has 5 heteroatoms. The molecule has 4 nitrogen and oxygen atoms in total. The van der Waals surface area contributed by atoms with Gasteiger partial charge < -0.3 is 0 Å². The summed E-state index contributed by atoms with van der Waals surface area (Å²) in [5.41, 5.74) is 8.42. The number of imidazole rings is 1. The second kappa shape index (κ2) is 9.99. The highest BCUT2D eigenvalue weighted by Gasteiger charge is 2.33. The lowest BCUT2D eigenvalue weighted by Gasteiger charge is -2.22. The van der Waals surface area contributed by atoms with Crippen LogP contribution in [-0.2, 0) is 16.3 Å². The number of benzene rings is 7. The summed E-state index contributed by atoms with van der Waals surface area (Å²) >= 11 is 0. The quantitative estimate of drug-likeness (QED) is 0.199. The van der Waals surface area contributed by atoms with Crippen molar-refractivity contribution in [3.8, 4) is 39.1 Å². The Bertz CT molecular complexity index is 2550. The molecule has 0 saturated carbocycles. The Balaban J connectivity index is 1.28. The Hall–Kier alpha value is -5.52. The number of hydrogen-bond donors (Lipinski definition) is 0. The summed E-state index contributed by atoms with van der Waals surface area (Å²) in [7, 11) is -3.71. The molecule has 0 bridgehead atoms. The second-order valence-corrected chi connectivity index (χ2v) is 13.8. The topological polar surface area (TPSA) is 52.0 Å². The largest absolute Gasteiger partial charge is 0.294 e. The maximum atomic E-state index is 13.9. The van der Waals surface area contributed by atoms with Crippen molar-refractivity contribution >= 4 is 42.4 Å². The van der Waals surface area contributed by atoms with Crippen LogP contribution in [0.1, 0.15) is 12.7 Å². The second-order valence-electron chi connectivity index (χ2n) is 11.9. The molecule has 0 aliphatic carbocycles. The molecule has 1 aromatic heterocycles. The lowest BCUT2D eigenvalue weighted by molar-refractivity contribution is 0.594. The maximum Gasteiger partial charge on any atom is 0.210 e. The molecule has 0 radical (unpaired) electrons. The van der Waals surface area contributed by atoms with Gasteiger partial charge in [0.2, 0.25) is 9.84 Å². The Kier molecular flexibility index (Phi) is 5.83. The minimum atomic E-state index is -3.71. The average molecular weight is 613 g/mol. The third kappa shape index (κ3) is 4.05. The Morgan fingerprint density at radius 2 is 1.07 bits per heavy atom. The van der Waals surface area contributed by atoms with Gasteiger partial charge in [0, 0.05) is 6.42 Å². The Labute approximate surface area is 267 Å². The van der Waals surface area contributed by atoms with Crippen LogP contribution in [-0.4, -0.2) is 18.0 Å². The summed E-state index contributed by atoms with van der Waals surface area (Å²) in [5.74, 6) is 0.845. The van der Waals surface area contributed by atoms with Crippen molar-refractivity contribution in [3.05, 3.63) is 145 Å². The molecule has 0 unspecified atom stereocenters. The van der Waals surface area contributed by atoms with E-state index in [9.17, 15) is 8.42 Å². The number of aryl methyl sites for hydroxylation is 1. The monoisotopic (exact) mass is 612 g/mol. The first kappa shape index (κ1) is 26.8. The molecule has 0 N–H and O–H groups in total. The lowest BCUT2D eigenvalue weighted by Crippen LogP contribution is -2.16. The fraction of sp³-hybridized carbons (Fsp3) is 0.0488. The minimum absolute atomic E-state index is 0.310. The first-order valence-corrected chi connectivity index (χ1v) is 17.0. The van der Waals surface area contributed by atoms with Crippen molar-refractivity contribution in [1.82, 2.24) is 9.55 Å². The number of aromatic nitrogens is 2. The summed E-state index contributed by atoms with van der Waals surface area (Å²) in [6, 6.07) is 47.8. The van der Waals surface area contributed by atoms with E-state index in [-0.39, 0.29) is 0 Å². The van der Waals surface area contributed by atoms with Gasteiger partial charge in [-0.15, -0.1) is 0 Å². The van der Waals surface area contributed by atoms with Gasteiger partial charge in [0.1, 0.15) is 5.82 Å². The van der Waals surface area contributed by atoms with Gasteiger partial charge in [-0.05, 0) is 110 Å². The number of sulfone groups is 1. The van der Waals surface area contributed by atoms with Gasteiger partial charge in [0.25, 0.3) is 0 Å². The van der Waals surface area contributed by atoms with Crippen molar-refractivity contribution in [3.63, 3.8) is 0 Å². The normalized spacial score (nSPS) is 13.3. The Morgan fingerprint density at radius 1 is 0.522 bits per heavy atom. The van der Waals surface area contributed by atoms with E-state index >= 15 is 0 Å². The first-order chi connectivity index (χ1) is 22.5. The van der Waals surface area contributed by atoms with E-state index < -0.39 is 9.84 Å². The zero-order valence-electron chi connectivity index (χ0n) is 25.1. The van der Waals surface area contributed by atoms with Crippen LogP contribution < -0.4 is 0 Å². The number of fused-ring (bicyclic) bond motifs is 4. The zero-order valence-corrected chi connectivity index (χ0v) is 25.9. The summed E-state index contributed by atoms with van der Waals surface area (Å²) in [4.78, 5) is 5.45. The van der Waals surface area contributed by atoms with Crippen molar-refractivity contribution in [2.45, 2.75) is 23.1 Å². The van der Waals surface area contributed by atoms with Gasteiger partial charge in [-0.3, -0.25) is 4.57 Å². The van der Waals surface area contributed by atoms with E-state index in [1.165, 1.54) is 21.5 Å². The van der Waals surface area contributed by atoms with Crippen molar-refractivity contribution in [2.75, 3.05) is 0 Å². The highest BCUT2D eigenvalue weighted by Crippen LogP contribution is 2.42. The third-order valence-electron chi connectivity index (χ3n) is 9.24. The molecule has 1 aliphatic rings. The van der Waals surface area contributed by atoms with Gasteiger partial charge >= 0.3 is 0 Å². The zero-order chi connectivity index (χ0) is 31.0. The molecular formula is C41H28N2O2S. The molecule has 9 rings (SSSR count). The smallest absolute Gasteiger partial charge is 0.210 e. The molecular weight excluding hydrogens is 585 g/mol. The molecule has 7 aromatic carbocycles. The van der Waals surface area contributed by atoms with Crippen LogP contribution in [0.2, 0.25) is 0 Å². The van der Waals surface area contributed by atoms with E-state index in [0.29, 0.717) is 32.9 Å². The lowest BCUT2D eigenvalue weighted by atomic mass is 9.91. The third-order valence-corrected chi connectivity index (χ3v) is 11.1. The molecule has 0 atom stereocenters. The first-order valence-electron chi connectivity index (χ1n) is 15.5. The fourth-order valence-corrected chi connectivity index (χ4v) is 8.56. The predicted molar refractivity (Wildman–Crippen MR) is 187 cm³/mol. The van der Waals surface area contributed by atoms with Gasteiger partial charge in [0.05, 0.1) is 26.5 Å². The van der Waals surface area contributed by atoms with Crippen molar-refractivity contribution < 1.29 is 8.42 Å². The van der Waals surface area contributed by atoms with Crippen LogP contribution in [0.15, 0.2) is 149 Å². The SMILES string of the molecule is CCc1nc2cccc3c2n1-c1cc(-c2cc(-c4ccc5ccccc5c4)cc(-c4ccc5ccccc5c4)c2)ccc1S3(=O)=O. The molecule has 0 spiro atoms. The van der Waals surface area contributed by atoms with Crippen LogP contribution in [0.4, 0.5) is 0 Å². The summed E-state index contributed by atoms with van der Waals surface area (Å²) < 4.78 is 29.8. The Morgan fingerprint density at radius 3 is 1.65 bits per heavy atom. The van der Waals surface area contributed by atoms with E-state index in [1.54, 1.807) is 18.2 Å². The molecule has 0 amide bonds. The molecule has 220 valence electrons. The fourth-order valence-electron chi connectivity index (χ4n) is 6.94. The summed E-state index contributed by atoms with van der Waals surface area (Å²) in [5, 5.41) is 4.77. The molecule has 0 fully saturated rings. The summed E-state index contributed by atoms with van der Waals surface area (Å²) in [6.45, 7) is 2.06. The molecule has 1 aliphatic heterocycles. The number of rotatable bonds is 4. The molecule has 0 saturated heterocycles. The highest BCUT2D eigenvalue weighted by atomic mass is 32.2. The maximum absolute atomic E-state index is 13.9. The summed E-state index contributed by atoms with van der Waals surface area (Å²) in [6.07, 6.45) is 0.682. The number of hydrogen-bond acceptors (Lipinski definition) is 3. The van der Waals surface area contributed by atoms with Crippen LogP contribution in [0.3, 0.4) is 0 Å². The minimum Gasteiger partial charge on any atom is -0.294 e. The molecule has 46 heavy (non-hydrogen) atoms. The van der Waals surface area contributed by atoms with E-state index in [4.69, 9.17) is 4.98 Å². The highest BCUT2D eigenvalue weighted by molar-refractivity contribution is 7.92. The predicted octanol–water partition coefficient (Wildman–Crippen LogP) is 10.0. The standard InChI is InChI=1S/C41H28N2O2S/c1-2-40-42-36-12-7-13-39-41(36)43(40)37-25-32(18-19-38(37)46(39,44)45)35-23-33(30-16-14-26-8-3-5-10-28(26)20-30)22-34(24-35)31-17-15-27-9-4-6-11-29(27)21-31/h3-25H,2H2,1H3. The van der Waals surface area contributed by atoms with Crippen LogP contribution in [0.25, 0.3) is 71.6 Å². The van der Waals surface area contributed by atoms with Crippen LogP contribution in [0.5, 0.6) is 0 Å². The van der Waals surface area contributed by atoms with E-state index in [0.717, 1.165) is 39.2 Å². The number of para-hydroxylation sites is 1. The molecule has 8 aromatic rings. The van der Waals surface area contributed by atoms with Crippen LogP contribution >= 0.6 is 0 Å².